The zero-order chi connectivity index (χ0) is 20.6. The first-order valence-corrected chi connectivity index (χ1v) is 10.5. The van der Waals surface area contributed by atoms with E-state index in [1.54, 1.807) is 0 Å². The molecule has 0 aromatic heterocycles. The highest BCUT2D eigenvalue weighted by molar-refractivity contribution is 5.85. The second-order valence-corrected chi connectivity index (χ2v) is 7.36. The predicted molar refractivity (Wildman–Crippen MR) is 136 cm³/mol. The number of piperazine rings is 1. The summed E-state index contributed by atoms with van der Waals surface area (Å²) in [4.78, 5) is 2.51. The van der Waals surface area contributed by atoms with Crippen LogP contribution in [-0.4, -0.2) is 31.1 Å². The smallest absolute Gasteiger partial charge is 0.170 e. The molecule has 0 amide bonds. The Morgan fingerprint density at radius 2 is 1.38 bits per heavy atom. The molecule has 32 heavy (non-hydrogen) atoms. The van der Waals surface area contributed by atoms with E-state index in [1.807, 2.05) is 72.8 Å². The van der Waals surface area contributed by atoms with E-state index in [1.165, 1.54) is 5.56 Å². The van der Waals surface area contributed by atoms with Crippen LogP contribution >= 0.6 is 24.8 Å². The highest BCUT2D eigenvalue weighted by Crippen LogP contribution is 2.38. The van der Waals surface area contributed by atoms with Crippen molar-refractivity contribution in [3.8, 4) is 23.0 Å². The van der Waals surface area contributed by atoms with Crippen LogP contribution in [0.4, 0.5) is 0 Å². The van der Waals surface area contributed by atoms with Crippen LogP contribution in [0.3, 0.4) is 0 Å². The molecule has 1 atom stereocenters. The van der Waals surface area contributed by atoms with Gasteiger partial charge in [-0.15, -0.1) is 31.4 Å². The molecule has 0 spiro atoms. The summed E-state index contributed by atoms with van der Waals surface area (Å²) in [5.74, 6) is 2.99. The maximum Gasteiger partial charge on any atom is 0.170 e. The first-order chi connectivity index (χ1) is 14.8. The van der Waals surface area contributed by atoms with Crippen molar-refractivity contribution in [2.75, 3.05) is 26.2 Å². The van der Waals surface area contributed by atoms with Gasteiger partial charge >= 0.3 is 0 Å². The standard InChI is InChI=1S/C26H28N2O2.2ClH/c1-2-9-24(28-18-16-27-17-19-28)21-14-15-25(29-22-10-5-3-6-11-22)26(20-21)30-23-12-7-4-8-13-23;;/h2-8,10-15,20,24,27H,1,9,16-19H2;2*1H/t24-;;/m1../s1. The maximum atomic E-state index is 6.26. The second kappa shape index (κ2) is 13.1. The number of nitrogens with one attached hydrogen (secondary N) is 1. The summed E-state index contributed by atoms with van der Waals surface area (Å²) >= 11 is 0. The normalized spacial score (nSPS) is 14.4. The molecule has 1 heterocycles. The molecule has 4 nitrogen and oxygen atoms in total. The molecule has 1 fully saturated rings. The first-order valence-electron chi connectivity index (χ1n) is 10.5. The summed E-state index contributed by atoms with van der Waals surface area (Å²) in [7, 11) is 0. The van der Waals surface area contributed by atoms with Gasteiger partial charge in [0, 0.05) is 32.2 Å². The fourth-order valence-electron chi connectivity index (χ4n) is 3.77. The number of hydrogen-bond acceptors (Lipinski definition) is 4. The highest BCUT2D eigenvalue weighted by atomic mass is 35.5. The third-order valence-electron chi connectivity index (χ3n) is 5.28. The van der Waals surface area contributed by atoms with Gasteiger partial charge in [-0.25, -0.2) is 0 Å². The molecule has 1 saturated heterocycles. The van der Waals surface area contributed by atoms with E-state index < -0.39 is 0 Å². The third kappa shape index (κ3) is 6.75. The molecule has 4 rings (SSSR count). The van der Waals surface area contributed by atoms with E-state index in [0.29, 0.717) is 11.5 Å². The summed E-state index contributed by atoms with van der Waals surface area (Å²) < 4.78 is 12.4. The predicted octanol–water partition coefficient (Wildman–Crippen LogP) is 6.64. The highest BCUT2D eigenvalue weighted by Gasteiger charge is 2.22. The number of para-hydroxylation sites is 2. The van der Waals surface area contributed by atoms with Gasteiger partial charge in [0.1, 0.15) is 11.5 Å². The Morgan fingerprint density at radius 3 is 1.94 bits per heavy atom. The van der Waals surface area contributed by atoms with E-state index in [-0.39, 0.29) is 30.9 Å². The second-order valence-electron chi connectivity index (χ2n) is 7.36. The van der Waals surface area contributed by atoms with Crippen LogP contribution in [-0.2, 0) is 0 Å². The monoisotopic (exact) mass is 472 g/mol. The lowest BCUT2D eigenvalue weighted by atomic mass is 10.0. The molecule has 1 aliphatic rings. The molecule has 0 saturated carbocycles. The van der Waals surface area contributed by atoms with Crippen LogP contribution in [0.1, 0.15) is 18.0 Å². The van der Waals surface area contributed by atoms with Crippen molar-refractivity contribution in [1.82, 2.24) is 10.2 Å². The summed E-state index contributed by atoms with van der Waals surface area (Å²) in [5, 5.41) is 3.43. The van der Waals surface area contributed by atoms with E-state index in [4.69, 9.17) is 9.47 Å². The molecule has 0 bridgehead atoms. The van der Waals surface area contributed by atoms with Gasteiger partial charge in [-0.1, -0.05) is 48.5 Å². The van der Waals surface area contributed by atoms with Crippen LogP contribution in [0, 0.1) is 0 Å². The number of rotatable bonds is 8. The van der Waals surface area contributed by atoms with E-state index in [9.17, 15) is 0 Å². The Balaban J connectivity index is 0.00000181. The van der Waals surface area contributed by atoms with E-state index >= 15 is 0 Å². The minimum Gasteiger partial charge on any atom is -0.453 e. The Bertz CT molecular complexity index is 949. The molecule has 1 aliphatic heterocycles. The molecule has 3 aromatic rings. The molecule has 0 radical (unpaired) electrons. The van der Waals surface area contributed by atoms with Gasteiger partial charge in [0.2, 0.25) is 0 Å². The summed E-state index contributed by atoms with van der Waals surface area (Å²) in [6, 6.07) is 26.2. The fraction of sp³-hybridized carbons (Fsp3) is 0.231. The van der Waals surface area contributed by atoms with Crippen molar-refractivity contribution < 1.29 is 9.47 Å². The zero-order valence-corrected chi connectivity index (χ0v) is 19.6. The molecule has 3 aromatic carbocycles. The van der Waals surface area contributed by atoms with Gasteiger partial charge in [0.15, 0.2) is 11.5 Å². The average molecular weight is 473 g/mol. The first kappa shape index (κ1) is 25.8. The lowest BCUT2D eigenvalue weighted by Gasteiger charge is -2.35. The quantitative estimate of drug-likeness (QED) is 0.372. The number of hydrogen-bond donors (Lipinski definition) is 1. The van der Waals surface area contributed by atoms with Gasteiger partial charge in [0.05, 0.1) is 0 Å². The molecule has 0 aliphatic carbocycles. The van der Waals surface area contributed by atoms with Crippen molar-refractivity contribution in [3.05, 3.63) is 97.1 Å². The maximum absolute atomic E-state index is 6.26. The average Bonchev–Trinajstić information content (AvgIpc) is 2.81. The van der Waals surface area contributed by atoms with Gasteiger partial charge < -0.3 is 14.8 Å². The van der Waals surface area contributed by atoms with E-state index in [0.717, 1.165) is 44.1 Å². The van der Waals surface area contributed by atoms with E-state index in [2.05, 4.69) is 28.9 Å². The number of nitrogens with zero attached hydrogens (tertiary/aromatic N) is 1. The lowest BCUT2D eigenvalue weighted by molar-refractivity contribution is 0.174. The zero-order valence-electron chi connectivity index (χ0n) is 18.0. The van der Waals surface area contributed by atoms with Gasteiger partial charge in [-0.05, 0) is 48.4 Å². The van der Waals surface area contributed by atoms with Crippen LogP contribution < -0.4 is 14.8 Å². The molecule has 0 unspecified atom stereocenters. The van der Waals surface area contributed by atoms with Crippen LogP contribution in [0.2, 0.25) is 0 Å². The Morgan fingerprint density at radius 1 is 0.812 bits per heavy atom. The summed E-state index contributed by atoms with van der Waals surface area (Å²) in [6.45, 7) is 8.05. The summed E-state index contributed by atoms with van der Waals surface area (Å²) in [5.41, 5.74) is 1.21. The number of benzene rings is 3. The molecule has 170 valence electrons. The summed E-state index contributed by atoms with van der Waals surface area (Å²) in [6.07, 6.45) is 2.89. The largest absolute Gasteiger partial charge is 0.453 e. The Labute approximate surface area is 203 Å². The molecular formula is C26H30Cl2N2O2. The van der Waals surface area contributed by atoms with Crippen molar-refractivity contribution in [3.63, 3.8) is 0 Å². The van der Waals surface area contributed by atoms with Gasteiger partial charge in [-0.2, -0.15) is 0 Å². The van der Waals surface area contributed by atoms with Crippen molar-refractivity contribution in [2.24, 2.45) is 0 Å². The molecule has 6 heteroatoms. The van der Waals surface area contributed by atoms with Crippen LogP contribution in [0.5, 0.6) is 23.0 Å². The fourth-order valence-corrected chi connectivity index (χ4v) is 3.77. The van der Waals surface area contributed by atoms with Crippen molar-refractivity contribution in [2.45, 2.75) is 12.5 Å². The van der Waals surface area contributed by atoms with Gasteiger partial charge in [-0.3, -0.25) is 4.90 Å². The van der Waals surface area contributed by atoms with Crippen molar-refractivity contribution >= 4 is 24.8 Å². The Hall–Kier alpha value is -2.50. The number of halogens is 2. The number of ether oxygens (including phenoxy) is 2. The van der Waals surface area contributed by atoms with Crippen molar-refractivity contribution in [1.29, 1.82) is 0 Å². The minimum atomic E-state index is 0. The third-order valence-corrected chi connectivity index (χ3v) is 5.28. The molecular weight excluding hydrogens is 443 g/mol. The Kier molecular flexibility index (Phi) is 10.6. The lowest BCUT2D eigenvalue weighted by Crippen LogP contribution is -2.45. The van der Waals surface area contributed by atoms with Crippen LogP contribution in [0.15, 0.2) is 91.5 Å². The van der Waals surface area contributed by atoms with Gasteiger partial charge in [0.25, 0.3) is 0 Å². The minimum absolute atomic E-state index is 0. The SMILES string of the molecule is C=CC[C@H](c1ccc(Oc2ccccc2)c(Oc2ccccc2)c1)N1CCNCC1.Cl.Cl. The molecule has 1 N–H and O–H groups in total. The van der Waals surface area contributed by atoms with Crippen LogP contribution in [0.25, 0.3) is 0 Å². The topological polar surface area (TPSA) is 33.7 Å².